The van der Waals surface area contributed by atoms with Gasteiger partial charge >= 0.3 is 6.18 Å². The van der Waals surface area contributed by atoms with Gasteiger partial charge in [-0.15, -0.1) is 11.3 Å². The number of likely N-dealkylation sites (N-methyl/N-ethyl adjacent to an activating group) is 1. The minimum absolute atomic E-state index is 0.217. The molecule has 1 amide bonds. The fraction of sp³-hybridized carbons (Fsp3) is 0.692. The summed E-state index contributed by atoms with van der Waals surface area (Å²) in [7, 11) is 1.94. The predicted molar refractivity (Wildman–Crippen MR) is 77.0 cm³/mol. The van der Waals surface area contributed by atoms with Gasteiger partial charge in [-0.3, -0.25) is 9.69 Å². The van der Waals surface area contributed by atoms with Gasteiger partial charge in [-0.05, 0) is 7.05 Å². The second-order valence-electron chi connectivity index (χ2n) is 5.19. The Hall–Kier alpha value is -1.19. The lowest BCUT2D eigenvalue weighted by Gasteiger charge is -2.33. The van der Waals surface area contributed by atoms with Gasteiger partial charge in [0.05, 0.1) is 25.7 Å². The Kier molecular flexibility index (Phi) is 5.76. The number of morpholine rings is 1. The topological polar surface area (TPSA) is 45.7 Å². The summed E-state index contributed by atoms with van der Waals surface area (Å²) in [6.07, 6.45) is -4.74. The van der Waals surface area contributed by atoms with E-state index in [2.05, 4.69) is 9.88 Å². The zero-order chi connectivity index (χ0) is 16.2. The molecule has 0 bridgehead atoms. The van der Waals surface area contributed by atoms with Crippen LogP contribution in [0.2, 0.25) is 0 Å². The summed E-state index contributed by atoms with van der Waals surface area (Å²) in [5, 5.41) is 2.09. The maximum absolute atomic E-state index is 12.3. The summed E-state index contributed by atoms with van der Waals surface area (Å²) in [4.78, 5) is 19.6. The van der Waals surface area contributed by atoms with E-state index in [0.717, 1.165) is 6.54 Å². The molecule has 0 N–H and O–H groups in total. The lowest BCUT2D eigenvalue weighted by atomic mass is 10.2. The highest BCUT2D eigenvalue weighted by Gasteiger charge is 2.31. The number of alkyl halides is 3. The van der Waals surface area contributed by atoms with Crippen molar-refractivity contribution in [3.05, 3.63) is 11.6 Å². The minimum Gasteiger partial charge on any atom is -0.374 e. The third-order valence-electron chi connectivity index (χ3n) is 3.30. The summed E-state index contributed by atoms with van der Waals surface area (Å²) in [5.41, 5.74) is 0. The second kappa shape index (κ2) is 7.38. The minimum atomic E-state index is -4.34. The van der Waals surface area contributed by atoms with Gasteiger partial charge < -0.3 is 9.64 Å². The Bertz CT molecular complexity index is 481. The molecule has 0 radical (unpaired) electrons. The first-order valence-corrected chi connectivity index (χ1v) is 7.80. The van der Waals surface area contributed by atoms with Crippen molar-refractivity contribution in [2.45, 2.75) is 25.1 Å². The van der Waals surface area contributed by atoms with E-state index in [9.17, 15) is 18.0 Å². The van der Waals surface area contributed by atoms with E-state index < -0.39 is 24.9 Å². The number of amides is 1. The molecule has 1 aromatic rings. The number of rotatable bonds is 5. The molecule has 0 unspecified atom stereocenters. The van der Waals surface area contributed by atoms with Crippen LogP contribution in [0.5, 0.6) is 0 Å². The molecule has 2 heterocycles. The average Bonchev–Trinajstić information content (AvgIpc) is 2.95. The largest absolute Gasteiger partial charge is 0.389 e. The first kappa shape index (κ1) is 17.2. The smallest absolute Gasteiger partial charge is 0.374 e. The third-order valence-corrected chi connectivity index (χ3v) is 4.10. The normalized spacial score (nSPS) is 20.1. The molecule has 1 aliphatic heterocycles. The van der Waals surface area contributed by atoms with Crippen LogP contribution < -0.4 is 4.90 Å². The van der Waals surface area contributed by atoms with E-state index in [0.29, 0.717) is 18.3 Å². The van der Waals surface area contributed by atoms with Crippen LogP contribution >= 0.6 is 11.3 Å². The number of thiazole rings is 1. The van der Waals surface area contributed by atoms with Gasteiger partial charge in [0.2, 0.25) is 5.91 Å². The summed E-state index contributed by atoms with van der Waals surface area (Å²) >= 11 is 1.23. The molecule has 2 rings (SSSR count). The SMILES string of the molecule is CN1CCO[C@@H](CN(C(=O)CCC(F)(F)F)c2nccs2)C1. The van der Waals surface area contributed by atoms with E-state index in [1.165, 1.54) is 22.4 Å². The molecule has 1 aliphatic rings. The van der Waals surface area contributed by atoms with Crippen molar-refractivity contribution in [2.24, 2.45) is 0 Å². The number of carbonyl (C=O) groups excluding carboxylic acids is 1. The lowest BCUT2D eigenvalue weighted by Crippen LogP contribution is -2.47. The standard InChI is InChI=1S/C13H18F3N3O2S/c1-18-5-6-21-10(8-18)9-19(12-17-4-7-22-12)11(20)2-3-13(14,15)16/h4,7,10H,2-3,5-6,8-9H2,1H3/t10-/m1/s1. The molecule has 0 spiro atoms. The molecule has 1 fully saturated rings. The molecule has 5 nitrogen and oxygen atoms in total. The number of ether oxygens (including phenoxy) is 1. The monoisotopic (exact) mass is 337 g/mol. The molecule has 22 heavy (non-hydrogen) atoms. The lowest BCUT2D eigenvalue weighted by molar-refractivity contribution is -0.143. The van der Waals surface area contributed by atoms with Crippen molar-refractivity contribution in [3.8, 4) is 0 Å². The Morgan fingerprint density at radius 2 is 2.36 bits per heavy atom. The first-order chi connectivity index (χ1) is 10.3. The Labute approximate surface area is 130 Å². The molecular weight excluding hydrogens is 319 g/mol. The number of hydrogen-bond acceptors (Lipinski definition) is 5. The highest BCUT2D eigenvalue weighted by molar-refractivity contribution is 7.13. The average molecular weight is 337 g/mol. The van der Waals surface area contributed by atoms with Crippen LogP contribution in [-0.4, -0.2) is 61.4 Å². The molecular formula is C13H18F3N3O2S. The molecule has 1 atom stereocenters. The van der Waals surface area contributed by atoms with E-state index >= 15 is 0 Å². The number of hydrogen-bond donors (Lipinski definition) is 0. The first-order valence-electron chi connectivity index (χ1n) is 6.92. The summed E-state index contributed by atoms with van der Waals surface area (Å²) in [6, 6.07) is 0. The van der Waals surface area contributed by atoms with Crippen LogP contribution in [0.4, 0.5) is 18.3 Å². The molecule has 0 aromatic carbocycles. The highest BCUT2D eigenvalue weighted by Crippen LogP contribution is 2.25. The van der Waals surface area contributed by atoms with Gasteiger partial charge in [0, 0.05) is 31.1 Å². The predicted octanol–water partition coefficient (Wildman–Crippen LogP) is 2.15. The number of halogens is 3. The van der Waals surface area contributed by atoms with Crippen LogP contribution in [0.1, 0.15) is 12.8 Å². The number of nitrogens with zero attached hydrogens (tertiary/aromatic N) is 3. The van der Waals surface area contributed by atoms with Crippen molar-refractivity contribution >= 4 is 22.4 Å². The van der Waals surface area contributed by atoms with Crippen LogP contribution in [0.3, 0.4) is 0 Å². The van der Waals surface area contributed by atoms with E-state index in [4.69, 9.17) is 4.74 Å². The van der Waals surface area contributed by atoms with Crippen molar-refractivity contribution in [3.63, 3.8) is 0 Å². The van der Waals surface area contributed by atoms with Crippen molar-refractivity contribution in [1.82, 2.24) is 9.88 Å². The molecule has 1 saturated heterocycles. The van der Waals surface area contributed by atoms with E-state index in [1.54, 1.807) is 5.38 Å². The maximum atomic E-state index is 12.3. The Morgan fingerprint density at radius 3 is 2.95 bits per heavy atom. The summed E-state index contributed by atoms with van der Waals surface area (Å²) in [6.45, 7) is 2.20. The Morgan fingerprint density at radius 1 is 1.59 bits per heavy atom. The van der Waals surface area contributed by atoms with Gasteiger partial charge in [-0.1, -0.05) is 0 Å². The summed E-state index contributed by atoms with van der Waals surface area (Å²) < 4.78 is 42.5. The maximum Gasteiger partial charge on any atom is 0.389 e. The summed E-state index contributed by atoms with van der Waals surface area (Å²) in [5.74, 6) is -0.580. The molecule has 9 heteroatoms. The van der Waals surface area contributed by atoms with Crippen LogP contribution in [0, 0.1) is 0 Å². The van der Waals surface area contributed by atoms with Crippen LogP contribution in [0.25, 0.3) is 0 Å². The van der Waals surface area contributed by atoms with Gasteiger partial charge in [-0.2, -0.15) is 13.2 Å². The highest BCUT2D eigenvalue weighted by atomic mass is 32.1. The molecule has 0 saturated carbocycles. The van der Waals surface area contributed by atoms with E-state index in [1.807, 2.05) is 7.05 Å². The molecule has 0 aliphatic carbocycles. The van der Waals surface area contributed by atoms with Gasteiger partial charge in [0.15, 0.2) is 5.13 Å². The second-order valence-corrected chi connectivity index (χ2v) is 6.06. The van der Waals surface area contributed by atoms with E-state index in [-0.39, 0.29) is 12.6 Å². The number of carbonyl (C=O) groups is 1. The van der Waals surface area contributed by atoms with Crippen molar-refractivity contribution in [1.29, 1.82) is 0 Å². The Balaban J connectivity index is 2.01. The van der Waals surface area contributed by atoms with Gasteiger partial charge in [-0.25, -0.2) is 4.98 Å². The molecule has 1 aromatic heterocycles. The quantitative estimate of drug-likeness (QED) is 0.826. The van der Waals surface area contributed by atoms with Gasteiger partial charge in [0.25, 0.3) is 0 Å². The zero-order valence-corrected chi connectivity index (χ0v) is 13.0. The molecule has 124 valence electrons. The van der Waals surface area contributed by atoms with Gasteiger partial charge in [0.1, 0.15) is 0 Å². The zero-order valence-electron chi connectivity index (χ0n) is 12.2. The van der Waals surface area contributed by atoms with Crippen LogP contribution in [0.15, 0.2) is 11.6 Å². The third kappa shape index (κ3) is 5.22. The van der Waals surface area contributed by atoms with Crippen molar-refractivity contribution < 1.29 is 22.7 Å². The number of aromatic nitrogens is 1. The fourth-order valence-electron chi connectivity index (χ4n) is 2.20. The van der Waals surface area contributed by atoms with Crippen LogP contribution in [-0.2, 0) is 9.53 Å². The fourth-order valence-corrected chi connectivity index (χ4v) is 2.87. The van der Waals surface area contributed by atoms with Crippen molar-refractivity contribution in [2.75, 3.05) is 38.2 Å². The number of anilines is 1.